The molecule has 0 aliphatic rings. The Morgan fingerprint density at radius 3 is 2.35 bits per heavy atom. The Bertz CT molecular complexity index is 1240. The van der Waals surface area contributed by atoms with Gasteiger partial charge in [0.15, 0.2) is 5.16 Å². The largest absolute Gasteiger partial charge is 0.494 e. The van der Waals surface area contributed by atoms with Gasteiger partial charge < -0.3 is 9.47 Å². The van der Waals surface area contributed by atoms with Crippen molar-refractivity contribution in [3.8, 4) is 17.2 Å². The van der Waals surface area contributed by atoms with Gasteiger partial charge in [0.05, 0.1) is 29.8 Å². The molecule has 0 saturated carbocycles. The molecule has 0 atom stereocenters. The van der Waals surface area contributed by atoms with E-state index in [2.05, 4.69) is 4.98 Å². The third-order valence-corrected chi connectivity index (χ3v) is 5.46. The number of benzene rings is 3. The van der Waals surface area contributed by atoms with E-state index >= 15 is 0 Å². The van der Waals surface area contributed by atoms with Crippen LogP contribution in [0.2, 0.25) is 0 Å². The van der Waals surface area contributed by atoms with Crippen LogP contribution in [0.15, 0.2) is 82.7 Å². The highest BCUT2D eigenvalue weighted by atomic mass is 32.2. The van der Waals surface area contributed by atoms with Crippen molar-refractivity contribution in [2.24, 2.45) is 0 Å². The molecule has 0 spiro atoms. The third kappa shape index (κ3) is 4.72. The molecule has 0 N–H and O–H groups in total. The molecular formula is C24H21FN2O3S. The number of rotatable bonds is 8. The average molecular weight is 437 g/mol. The molecule has 1 heterocycles. The molecule has 5 nitrogen and oxygen atoms in total. The van der Waals surface area contributed by atoms with Gasteiger partial charge in [-0.25, -0.2) is 9.37 Å². The van der Waals surface area contributed by atoms with Crippen molar-refractivity contribution in [3.63, 3.8) is 0 Å². The van der Waals surface area contributed by atoms with Crippen LogP contribution in [-0.4, -0.2) is 28.5 Å². The van der Waals surface area contributed by atoms with Crippen LogP contribution in [0.3, 0.4) is 0 Å². The van der Waals surface area contributed by atoms with Crippen LogP contribution in [0.25, 0.3) is 16.6 Å². The number of nitrogens with zero attached hydrogens (tertiary/aromatic N) is 2. The van der Waals surface area contributed by atoms with Gasteiger partial charge in [0.2, 0.25) is 0 Å². The van der Waals surface area contributed by atoms with Crippen molar-refractivity contribution in [1.29, 1.82) is 0 Å². The summed E-state index contributed by atoms with van der Waals surface area (Å²) < 4.78 is 27.0. The van der Waals surface area contributed by atoms with E-state index in [1.807, 2.05) is 37.3 Å². The van der Waals surface area contributed by atoms with E-state index in [1.54, 1.807) is 36.4 Å². The maximum absolute atomic E-state index is 14.5. The molecule has 0 saturated heterocycles. The molecule has 4 rings (SSSR count). The van der Waals surface area contributed by atoms with E-state index in [0.29, 0.717) is 35.0 Å². The Hall–Kier alpha value is -3.32. The van der Waals surface area contributed by atoms with Crippen LogP contribution in [0.5, 0.6) is 11.5 Å². The summed E-state index contributed by atoms with van der Waals surface area (Å²) in [5.41, 5.74) is 0.460. The first-order valence-corrected chi connectivity index (χ1v) is 10.9. The smallest absolute Gasteiger partial charge is 0.266 e. The van der Waals surface area contributed by atoms with Gasteiger partial charge in [-0.2, -0.15) is 0 Å². The predicted octanol–water partition coefficient (Wildman–Crippen LogP) is 5.09. The third-order valence-electron chi connectivity index (χ3n) is 4.56. The van der Waals surface area contributed by atoms with Gasteiger partial charge in [-0.05, 0) is 55.5 Å². The maximum atomic E-state index is 14.5. The molecule has 4 aromatic rings. The highest BCUT2D eigenvalue weighted by molar-refractivity contribution is 7.99. The van der Waals surface area contributed by atoms with Gasteiger partial charge >= 0.3 is 0 Å². The second-order valence-corrected chi connectivity index (χ2v) is 7.67. The number of thioether (sulfide) groups is 1. The molecule has 0 fully saturated rings. The predicted molar refractivity (Wildman–Crippen MR) is 121 cm³/mol. The summed E-state index contributed by atoms with van der Waals surface area (Å²) in [4.78, 5) is 17.8. The van der Waals surface area contributed by atoms with Crippen molar-refractivity contribution in [2.75, 3.05) is 19.0 Å². The van der Waals surface area contributed by atoms with Gasteiger partial charge in [0.1, 0.15) is 17.3 Å². The Kier molecular flexibility index (Phi) is 6.52. The molecule has 0 aliphatic carbocycles. The lowest BCUT2D eigenvalue weighted by molar-refractivity contribution is 0.332. The summed E-state index contributed by atoms with van der Waals surface area (Å²) in [6.45, 7) is 2.95. The molecule has 1 aromatic heterocycles. The van der Waals surface area contributed by atoms with E-state index in [1.165, 1.54) is 22.4 Å². The highest BCUT2D eigenvalue weighted by Gasteiger charge is 2.15. The maximum Gasteiger partial charge on any atom is 0.266 e. The molecule has 0 unspecified atom stereocenters. The molecule has 0 radical (unpaired) electrons. The number of aromatic nitrogens is 2. The first-order valence-electron chi connectivity index (χ1n) is 9.92. The van der Waals surface area contributed by atoms with Gasteiger partial charge in [-0.15, -0.1) is 0 Å². The summed E-state index contributed by atoms with van der Waals surface area (Å²) in [5.74, 6) is 1.57. The summed E-state index contributed by atoms with van der Waals surface area (Å²) in [7, 11) is 0. The van der Waals surface area contributed by atoms with Crippen molar-refractivity contribution in [1.82, 2.24) is 9.55 Å². The fourth-order valence-electron chi connectivity index (χ4n) is 3.15. The lowest BCUT2D eigenvalue weighted by Gasteiger charge is -2.14. The van der Waals surface area contributed by atoms with Crippen LogP contribution >= 0.6 is 11.8 Å². The molecule has 158 valence electrons. The normalized spacial score (nSPS) is 10.9. The van der Waals surface area contributed by atoms with E-state index in [0.717, 1.165) is 11.5 Å². The quantitative estimate of drug-likeness (QED) is 0.219. The molecule has 31 heavy (non-hydrogen) atoms. The zero-order chi connectivity index (χ0) is 21.6. The van der Waals surface area contributed by atoms with Gasteiger partial charge in [-0.3, -0.25) is 9.36 Å². The molecule has 0 bridgehead atoms. The SMILES string of the molecule is CCOc1ccc(OCCSc2nc3ccccc3c(=O)n2-c2ccccc2F)cc1. The van der Waals surface area contributed by atoms with E-state index in [4.69, 9.17) is 9.47 Å². The van der Waals surface area contributed by atoms with E-state index in [9.17, 15) is 9.18 Å². The van der Waals surface area contributed by atoms with Crippen LogP contribution < -0.4 is 15.0 Å². The Morgan fingerprint density at radius 2 is 1.61 bits per heavy atom. The van der Waals surface area contributed by atoms with Crippen molar-refractivity contribution in [3.05, 3.63) is 89.0 Å². The molecule has 3 aromatic carbocycles. The van der Waals surface area contributed by atoms with Crippen molar-refractivity contribution < 1.29 is 13.9 Å². The molecule has 7 heteroatoms. The summed E-state index contributed by atoms with van der Waals surface area (Å²) in [5, 5.41) is 0.866. The van der Waals surface area contributed by atoms with E-state index < -0.39 is 5.82 Å². The minimum atomic E-state index is -0.478. The molecule has 0 amide bonds. The standard InChI is InChI=1S/C24H21FN2O3S/c1-2-29-17-11-13-18(14-12-17)30-15-16-31-24-26-21-9-5-3-7-19(21)23(28)27(24)22-10-6-4-8-20(22)25/h3-14H,2,15-16H2,1H3. The van der Waals surface area contributed by atoms with Crippen molar-refractivity contribution in [2.45, 2.75) is 12.1 Å². The first-order chi connectivity index (χ1) is 15.2. The van der Waals surface area contributed by atoms with Gasteiger partial charge in [0, 0.05) is 5.75 Å². The zero-order valence-corrected chi connectivity index (χ0v) is 17.8. The minimum absolute atomic E-state index is 0.181. The number of fused-ring (bicyclic) bond motifs is 1. The summed E-state index contributed by atoms with van der Waals surface area (Å²) >= 11 is 1.35. The fraction of sp³-hybridized carbons (Fsp3) is 0.167. The first kappa shape index (κ1) is 20.9. The number of para-hydroxylation sites is 2. The van der Waals surface area contributed by atoms with Gasteiger partial charge in [0.25, 0.3) is 5.56 Å². The monoisotopic (exact) mass is 436 g/mol. The summed E-state index contributed by atoms with van der Waals surface area (Å²) in [6, 6.07) is 20.7. The minimum Gasteiger partial charge on any atom is -0.494 e. The average Bonchev–Trinajstić information content (AvgIpc) is 2.79. The van der Waals surface area contributed by atoms with Crippen LogP contribution in [-0.2, 0) is 0 Å². The fourth-order valence-corrected chi connectivity index (χ4v) is 3.97. The Morgan fingerprint density at radius 1 is 0.935 bits per heavy atom. The summed E-state index contributed by atoms with van der Waals surface area (Å²) in [6.07, 6.45) is 0. The lowest BCUT2D eigenvalue weighted by Crippen LogP contribution is -2.23. The lowest BCUT2D eigenvalue weighted by atomic mass is 10.2. The van der Waals surface area contributed by atoms with Crippen molar-refractivity contribution >= 4 is 22.7 Å². The number of hydrogen-bond donors (Lipinski definition) is 0. The Labute approximate surface area is 183 Å². The molecule has 0 aliphatic heterocycles. The number of ether oxygens (including phenoxy) is 2. The molecular weight excluding hydrogens is 415 g/mol. The van der Waals surface area contributed by atoms with E-state index in [-0.39, 0.29) is 11.2 Å². The second kappa shape index (κ2) is 9.66. The Balaban J connectivity index is 1.56. The second-order valence-electron chi connectivity index (χ2n) is 6.60. The van der Waals surface area contributed by atoms with Crippen LogP contribution in [0, 0.1) is 5.82 Å². The number of hydrogen-bond acceptors (Lipinski definition) is 5. The number of halogens is 1. The topological polar surface area (TPSA) is 53.4 Å². The highest BCUT2D eigenvalue weighted by Crippen LogP contribution is 2.23. The zero-order valence-electron chi connectivity index (χ0n) is 17.0. The van der Waals surface area contributed by atoms with Crippen LogP contribution in [0.1, 0.15) is 6.92 Å². The van der Waals surface area contributed by atoms with Crippen LogP contribution in [0.4, 0.5) is 4.39 Å². The van der Waals surface area contributed by atoms with Gasteiger partial charge in [-0.1, -0.05) is 36.0 Å².